The molecule has 2 bridgehead atoms. The molecule has 5 rings (SSSR count). The zero-order valence-corrected chi connectivity index (χ0v) is 17.3. The maximum absolute atomic E-state index is 15.3. The van der Waals surface area contributed by atoms with Gasteiger partial charge in [-0.2, -0.15) is 0 Å². The monoisotopic (exact) mass is 426 g/mol. The zero-order chi connectivity index (χ0) is 20.6. The summed E-state index contributed by atoms with van der Waals surface area (Å²) >= 11 is 0. The van der Waals surface area contributed by atoms with Crippen LogP contribution in [0.15, 0.2) is 24.3 Å². The van der Waals surface area contributed by atoms with Gasteiger partial charge in [-0.1, -0.05) is 18.2 Å². The van der Waals surface area contributed by atoms with Crippen molar-refractivity contribution in [3.8, 4) is 5.75 Å². The molecule has 7 nitrogen and oxygen atoms in total. The number of para-hydroxylation sites is 1. The van der Waals surface area contributed by atoms with Crippen molar-refractivity contribution < 1.29 is 27.1 Å². The van der Waals surface area contributed by atoms with E-state index in [-0.39, 0.29) is 37.9 Å². The van der Waals surface area contributed by atoms with Crippen LogP contribution in [0.25, 0.3) is 0 Å². The van der Waals surface area contributed by atoms with E-state index in [1.165, 1.54) is 0 Å². The Bertz CT molecular complexity index is 869. The van der Waals surface area contributed by atoms with Gasteiger partial charge in [-0.25, -0.2) is 17.5 Å². The van der Waals surface area contributed by atoms with Crippen molar-refractivity contribution in [3.05, 3.63) is 29.8 Å². The second-order valence-electron chi connectivity index (χ2n) is 8.23. The summed E-state index contributed by atoms with van der Waals surface area (Å²) in [6, 6.07) is 6.52. The molecule has 2 fully saturated rings. The molecule has 1 saturated carbocycles. The number of sulfonamides is 1. The van der Waals surface area contributed by atoms with Crippen LogP contribution in [0.2, 0.25) is 0 Å². The highest BCUT2D eigenvalue weighted by Gasteiger charge is 2.43. The summed E-state index contributed by atoms with van der Waals surface area (Å²) in [5.74, 6) is -1.20. The van der Waals surface area contributed by atoms with E-state index in [9.17, 15) is 13.2 Å². The third-order valence-electron chi connectivity index (χ3n) is 6.19. The van der Waals surface area contributed by atoms with Crippen LogP contribution >= 0.6 is 0 Å². The molecule has 9 heteroatoms. The number of halogens is 1. The topological polar surface area (TPSA) is 84.9 Å². The minimum atomic E-state index is -3.47. The van der Waals surface area contributed by atoms with Crippen LogP contribution in [0.4, 0.5) is 4.39 Å². The molecule has 1 aliphatic carbocycles. The lowest BCUT2D eigenvalue weighted by atomic mass is 9.81. The number of benzene rings is 1. The first-order valence-corrected chi connectivity index (χ1v) is 11.9. The summed E-state index contributed by atoms with van der Waals surface area (Å²) < 4.78 is 52.9. The summed E-state index contributed by atoms with van der Waals surface area (Å²) in [7, 11) is -3.47. The van der Waals surface area contributed by atoms with Crippen molar-refractivity contribution in [2.75, 3.05) is 26.0 Å². The predicted octanol–water partition coefficient (Wildman–Crippen LogP) is 1.94. The molecule has 3 heterocycles. The fraction of sp³-hybridized carbons (Fsp3) is 0.650. The number of carbonyl (C=O) groups excluding carboxylic acids is 1. The number of alkyl halides is 1. The van der Waals surface area contributed by atoms with Crippen LogP contribution < -0.4 is 9.46 Å². The lowest BCUT2D eigenvalue weighted by Crippen LogP contribution is -2.51. The molecule has 29 heavy (non-hydrogen) atoms. The molecule has 1 aromatic rings. The van der Waals surface area contributed by atoms with Gasteiger partial charge in [0.25, 0.3) is 5.91 Å². The fourth-order valence-corrected chi connectivity index (χ4v) is 5.52. The van der Waals surface area contributed by atoms with Crippen molar-refractivity contribution in [1.29, 1.82) is 0 Å². The number of ether oxygens (including phenoxy) is 2. The molecule has 0 aromatic heterocycles. The number of fused-ring (bicyclic) bond motifs is 5. The van der Waals surface area contributed by atoms with Crippen LogP contribution in [-0.2, 0) is 19.6 Å². The van der Waals surface area contributed by atoms with E-state index < -0.39 is 28.0 Å². The van der Waals surface area contributed by atoms with Gasteiger partial charge in [-0.3, -0.25) is 4.79 Å². The van der Waals surface area contributed by atoms with Crippen LogP contribution in [-0.4, -0.2) is 63.2 Å². The molecular weight excluding hydrogens is 399 g/mol. The van der Waals surface area contributed by atoms with E-state index in [1.807, 2.05) is 24.3 Å². The number of carbonyl (C=O) groups is 1. The molecule has 160 valence electrons. The molecule has 1 aromatic carbocycles. The first-order valence-electron chi connectivity index (χ1n) is 10.1. The van der Waals surface area contributed by atoms with E-state index in [0.29, 0.717) is 31.6 Å². The number of hydrogen-bond acceptors (Lipinski definition) is 5. The van der Waals surface area contributed by atoms with Gasteiger partial charge in [-0.05, 0) is 36.8 Å². The quantitative estimate of drug-likeness (QED) is 0.781. The van der Waals surface area contributed by atoms with E-state index in [1.54, 1.807) is 4.90 Å². The smallest absolute Gasteiger partial charge is 0.260 e. The van der Waals surface area contributed by atoms with E-state index in [4.69, 9.17) is 9.47 Å². The standard InChI is InChI=1S/C20H27FN2O5S/c1-29(25,26)22-16-8-11-23-17(16)12-28-20(21)9-6-14(7-10-20)15-4-2-3-5-18(15)27-13-19(23)24/h2-5,14,16-17,22H,6-13H2,1H3/t14-,16-,17-,20+/m0/s1. The van der Waals surface area contributed by atoms with Crippen molar-refractivity contribution in [3.63, 3.8) is 0 Å². The Labute approximate surface area is 170 Å². The first-order chi connectivity index (χ1) is 13.7. The van der Waals surface area contributed by atoms with Crippen molar-refractivity contribution in [2.45, 2.75) is 56.0 Å². The molecule has 1 N–H and O–H groups in total. The van der Waals surface area contributed by atoms with Crippen LogP contribution in [0.5, 0.6) is 5.75 Å². The molecule has 2 atom stereocenters. The lowest BCUT2D eigenvalue weighted by Gasteiger charge is -2.36. The SMILES string of the molecule is CS(=O)(=O)N[C@H]1CCN2C(=O)COc3ccccc3[C@H]3CC[C@](F)(CC3)OC[C@@H]12. The van der Waals surface area contributed by atoms with Gasteiger partial charge in [0.1, 0.15) is 5.75 Å². The van der Waals surface area contributed by atoms with Gasteiger partial charge in [-0.15, -0.1) is 0 Å². The third-order valence-corrected chi connectivity index (χ3v) is 6.92. The summed E-state index contributed by atoms with van der Waals surface area (Å²) in [4.78, 5) is 14.4. The largest absolute Gasteiger partial charge is 0.483 e. The Hall–Kier alpha value is -1.71. The molecule has 0 unspecified atom stereocenters. The minimum absolute atomic E-state index is 0.0486. The van der Waals surface area contributed by atoms with E-state index in [0.717, 1.165) is 11.8 Å². The predicted molar refractivity (Wildman–Crippen MR) is 105 cm³/mol. The lowest BCUT2D eigenvalue weighted by molar-refractivity contribution is -0.178. The Morgan fingerprint density at radius 2 is 1.93 bits per heavy atom. The molecule has 3 aliphatic heterocycles. The maximum atomic E-state index is 15.3. The number of rotatable bonds is 2. The fourth-order valence-electron chi connectivity index (χ4n) is 4.69. The third kappa shape index (κ3) is 4.57. The average molecular weight is 427 g/mol. The Kier molecular flexibility index (Phi) is 5.56. The number of nitrogens with one attached hydrogen (secondary N) is 1. The van der Waals surface area contributed by atoms with Gasteiger partial charge in [0.15, 0.2) is 6.61 Å². The van der Waals surface area contributed by atoms with Gasteiger partial charge >= 0.3 is 0 Å². The minimum Gasteiger partial charge on any atom is -0.483 e. The normalized spacial score (nSPS) is 33.1. The zero-order valence-electron chi connectivity index (χ0n) is 16.5. The van der Waals surface area contributed by atoms with Gasteiger partial charge < -0.3 is 14.4 Å². The van der Waals surface area contributed by atoms with Gasteiger partial charge in [0.2, 0.25) is 15.9 Å². The van der Waals surface area contributed by atoms with E-state index in [2.05, 4.69) is 4.72 Å². The summed E-state index contributed by atoms with van der Waals surface area (Å²) in [5.41, 5.74) is 0.996. The molecule has 4 aliphatic rings. The number of nitrogens with zero attached hydrogens (tertiary/aromatic N) is 1. The summed E-state index contributed by atoms with van der Waals surface area (Å²) in [5, 5.41) is 0. The van der Waals surface area contributed by atoms with E-state index >= 15 is 4.39 Å². The van der Waals surface area contributed by atoms with Crippen LogP contribution in [0, 0.1) is 0 Å². The first kappa shape index (κ1) is 20.6. The van der Waals surface area contributed by atoms with Gasteiger partial charge in [0, 0.05) is 25.4 Å². The second kappa shape index (κ2) is 7.85. The summed E-state index contributed by atoms with van der Waals surface area (Å²) in [6.45, 7) is 0.173. The van der Waals surface area contributed by atoms with Crippen molar-refractivity contribution >= 4 is 15.9 Å². The highest BCUT2D eigenvalue weighted by Crippen LogP contribution is 2.43. The van der Waals surface area contributed by atoms with Gasteiger partial charge in [0.05, 0.1) is 18.9 Å². The Morgan fingerprint density at radius 1 is 1.21 bits per heavy atom. The molecule has 1 amide bonds. The van der Waals surface area contributed by atoms with Crippen molar-refractivity contribution in [2.24, 2.45) is 0 Å². The van der Waals surface area contributed by atoms with Crippen molar-refractivity contribution in [1.82, 2.24) is 9.62 Å². The average Bonchev–Trinajstić information content (AvgIpc) is 3.06. The van der Waals surface area contributed by atoms with Crippen LogP contribution in [0.1, 0.15) is 43.6 Å². The van der Waals surface area contributed by atoms with Crippen LogP contribution in [0.3, 0.4) is 0 Å². The highest BCUT2D eigenvalue weighted by atomic mass is 32.2. The number of amides is 1. The number of hydrogen-bond donors (Lipinski definition) is 1. The second-order valence-corrected chi connectivity index (χ2v) is 10.0. The molecule has 1 saturated heterocycles. The maximum Gasteiger partial charge on any atom is 0.260 e. The molecular formula is C20H27FN2O5S. The highest BCUT2D eigenvalue weighted by molar-refractivity contribution is 7.88. The Balaban J connectivity index is 1.63. The summed E-state index contributed by atoms with van der Waals surface area (Å²) in [6.07, 6.45) is 3.31. The Morgan fingerprint density at radius 3 is 2.66 bits per heavy atom. The molecule has 0 radical (unpaired) electrons. The molecule has 0 spiro atoms.